The van der Waals surface area contributed by atoms with Crippen molar-refractivity contribution < 1.29 is 14.6 Å². The zero-order valence-corrected chi connectivity index (χ0v) is 22.3. The summed E-state index contributed by atoms with van der Waals surface area (Å²) in [7, 11) is 2.91. The number of aromatic nitrogens is 5. The summed E-state index contributed by atoms with van der Waals surface area (Å²) in [6, 6.07) is 7.30. The van der Waals surface area contributed by atoms with E-state index in [4.69, 9.17) is 27.9 Å². The second kappa shape index (κ2) is 10.7. The van der Waals surface area contributed by atoms with Crippen LogP contribution in [0.2, 0.25) is 10.0 Å². The number of carboxylic acid groups (broad SMARTS) is 1. The number of nitrogens with zero attached hydrogens (tertiary/aromatic N) is 4. The van der Waals surface area contributed by atoms with E-state index in [-0.39, 0.29) is 40.1 Å². The van der Waals surface area contributed by atoms with Crippen LogP contribution in [0.15, 0.2) is 52.3 Å². The lowest BCUT2D eigenvalue weighted by atomic mass is 9.92. The molecule has 3 heterocycles. The number of pyridine rings is 1. The van der Waals surface area contributed by atoms with E-state index in [1.54, 1.807) is 31.3 Å². The van der Waals surface area contributed by atoms with Crippen molar-refractivity contribution in [3.05, 3.63) is 96.0 Å². The molecule has 1 atom stereocenters. The van der Waals surface area contributed by atoms with Crippen molar-refractivity contribution in [3.8, 4) is 11.7 Å². The SMILES string of the molecule is COc1ncc(-n2nc(C(=O)O)c(C(Nc3cc(Cl)cn(C)c3=O)c3ccc(Cl)cc3)c2C(C)C)c(=O)[nH]1. The van der Waals surface area contributed by atoms with Gasteiger partial charge in [0.15, 0.2) is 5.69 Å². The van der Waals surface area contributed by atoms with Gasteiger partial charge < -0.3 is 19.7 Å². The van der Waals surface area contributed by atoms with E-state index in [1.165, 1.54) is 34.8 Å². The van der Waals surface area contributed by atoms with Crippen molar-refractivity contribution in [2.24, 2.45) is 7.05 Å². The molecular formula is C25H24Cl2N6O5. The average molecular weight is 559 g/mol. The minimum Gasteiger partial charge on any atom is -0.476 e. The monoisotopic (exact) mass is 558 g/mol. The van der Waals surface area contributed by atoms with Crippen molar-refractivity contribution >= 4 is 34.9 Å². The lowest BCUT2D eigenvalue weighted by Gasteiger charge is -2.23. The van der Waals surface area contributed by atoms with Crippen molar-refractivity contribution in [3.63, 3.8) is 0 Å². The summed E-state index contributed by atoms with van der Waals surface area (Å²) in [4.78, 5) is 44.9. The first-order valence-electron chi connectivity index (χ1n) is 11.4. The second-order valence-corrected chi connectivity index (χ2v) is 9.62. The summed E-state index contributed by atoms with van der Waals surface area (Å²) < 4.78 is 7.56. The number of nitrogens with one attached hydrogen (secondary N) is 2. The van der Waals surface area contributed by atoms with Crippen LogP contribution < -0.4 is 21.2 Å². The summed E-state index contributed by atoms with van der Waals surface area (Å²) in [5.41, 5.74) is 0.152. The van der Waals surface area contributed by atoms with Crippen molar-refractivity contribution in [2.45, 2.75) is 25.8 Å². The topological polar surface area (TPSA) is 144 Å². The predicted octanol–water partition coefficient (Wildman–Crippen LogP) is 3.99. The summed E-state index contributed by atoms with van der Waals surface area (Å²) >= 11 is 12.3. The van der Waals surface area contributed by atoms with E-state index < -0.39 is 17.6 Å². The number of hydrogen-bond acceptors (Lipinski definition) is 7. The number of aromatic amines is 1. The Morgan fingerprint density at radius 2 is 1.84 bits per heavy atom. The summed E-state index contributed by atoms with van der Waals surface area (Å²) in [6.07, 6.45) is 2.72. The maximum absolute atomic E-state index is 13.0. The van der Waals surface area contributed by atoms with Crippen LogP contribution in [0.3, 0.4) is 0 Å². The van der Waals surface area contributed by atoms with E-state index >= 15 is 0 Å². The molecule has 38 heavy (non-hydrogen) atoms. The Balaban J connectivity index is 2.04. The number of carbonyl (C=O) groups is 1. The molecule has 0 saturated heterocycles. The maximum atomic E-state index is 13.0. The number of aromatic carboxylic acids is 1. The molecule has 0 aliphatic carbocycles. The number of halogens is 2. The molecule has 13 heteroatoms. The number of methoxy groups -OCH3 is 1. The fourth-order valence-corrected chi connectivity index (χ4v) is 4.54. The van der Waals surface area contributed by atoms with Gasteiger partial charge in [-0.3, -0.25) is 14.6 Å². The number of anilines is 1. The molecule has 4 aromatic rings. The van der Waals surface area contributed by atoms with E-state index in [1.807, 2.05) is 13.8 Å². The standard InChI is InChI=1S/C25H24Cl2N6O5/c1-12(2)21-18(20(24(36)37)31-33(21)17-10-28-25(38-4)30-22(17)34)19(13-5-7-14(26)8-6-13)29-16-9-15(27)11-32(3)23(16)35/h5-12,19,29H,1-4H3,(H,36,37)(H,28,30,34). The highest BCUT2D eigenvalue weighted by atomic mass is 35.5. The molecule has 11 nitrogen and oxygen atoms in total. The third kappa shape index (κ3) is 5.15. The molecule has 0 amide bonds. The molecule has 0 aliphatic heterocycles. The third-order valence-electron chi connectivity index (χ3n) is 5.83. The molecule has 198 valence electrons. The Labute approximate surface area is 226 Å². The number of carboxylic acids is 1. The van der Waals surface area contributed by atoms with E-state index in [2.05, 4.69) is 20.4 Å². The van der Waals surface area contributed by atoms with Crippen molar-refractivity contribution in [1.29, 1.82) is 0 Å². The zero-order chi connectivity index (χ0) is 27.7. The normalized spacial score (nSPS) is 12.0. The van der Waals surface area contributed by atoms with Gasteiger partial charge in [0.1, 0.15) is 11.4 Å². The fraction of sp³-hybridized carbons (Fsp3) is 0.240. The molecule has 1 unspecified atom stereocenters. The highest BCUT2D eigenvalue weighted by Gasteiger charge is 2.33. The van der Waals surface area contributed by atoms with E-state index in [0.717, 1.165) is 0 Å². The lowest BCUT2D eigenvalue weighted by molar-refractivity contribution is 0.0688. The Morgan fingerprint density at radius 3 is 2.42 bits per heavy atom. The minimum absolute atomic E-state index is 0.00299. The first-order chi connectivity index (χ1) is 18.0. The van der Waals surface area contributed by atoms with Gasteiger partial charge in [-0.25, -0.2) is 14.5 Å². The molecule has 0 saturated carbocycles. The number of rotatable bonds is 8. The summed E-state index contributed by atoms with van der Waals surface area (Å²) in [5, 5.41) is 18.5. The van der Waals surface area contributed by atoms with Crippen LogP contribution in [0.4, 0.5) is 5.69 Å². The van der Waals surface area contributed by atoms with Crippen LogP contribution in [-0.4, -0.2) is 42.5 Å². The van der Waals surface area contributed by atoms with Gasteiger partial charge in [-0.2, -0.15) is 5.10 Å². The first kappa shape index (κ1) is 27.0. The van der Waals surface area contributed by atoms with Gasteiger partial charge in [0, 0.05) is 23.8 Å². The van der Waals surface area contributed by atoms with Gasteiger partial charge >= 0.3 is 5.97 Å². The molecule has 4 rings (SSSR count). The molecule has 0 spiro atoms. The number of benzene rings is 1. The third-order valence-corrected chi connectivity index (χ3v) is 6.29. The van der Waals surface area contributed by atoms with Gasteiger partial charge in [-0.05, 0) is 29.7 Å². The van der Waals surface area contributed by atoms with Crippen molar-refractivity contribution in [2.75, 3.05) is 12.4 Å². The fourth-order valence-electron chi connectivity index (χ4n) is 4.16. The Kier molecular flexibility index (Phi) is 7.61. The van der Waals surface area contributed by atoms with Crippen LogP contribution in [-0.2, 0) is 7.05 Å². The molecule has 0 aliphatic rings. The van der Waals surface area contributed by atoms with Gasteiger partial charge in [-0.15, -0.1) is 0 Å². The lowest BCUT2D eigenvalue weighted by Crippen LogP contribution is -2.25. The average Bonchev–Trinajstić information content (AvgIpc) is 3.26. The number of hydrogen-bond donors (Lipinski definition) is 3. The number of ether oxygens (including phenoxy) is 1. The number of H-pyrrole nitrogens is 1. The van der Waals surface area contributed by atoms with Gasteiger partial charge in [0.2, 0.25) is 0 Å². The smallest absolute Gasteiger partial charge is 0.356 e. The highest BCUT2D eigenvalue weighted by molar-refractivity contribution is 6.31. The van der Waals surface area contributed by atoms with E-state index in [0.29, 0.717) is 21.3 Å². The Morgan fingerprint density at radius 1 is 1.16 bits per heavy atom. The predicted molar refractivity (Wildman–Crippen MR) is 143 cm³/mol. The Bertz CT molecular complexity index is 1620. The molecular weight excluding hydrogens is 535 g/mol. The van der Waals surface area contributed by atoms with Gasteiger partial charge in [0.05, 0.1) is 30.1 Å². The molecule has 0 radical (unpaired) electrons. The van der Waals surface area contributed by atoms with Crippen molar-refractivity contribution in [1.82, 2.24) is 24.3 Å². The highest BCUT2D eigenvalue weighted by Crippen LogP contribution is 2.36. The van der Waals surface area contributed by atoms with Gasteiger partial charge in [0.25, 0.3) is 17.1 Å². The van der Waals surface area contributed by atoms with Crippen LogP contribution in [0.25, 0.3) is 5.69 Å². The van der Waals surface area contributed by atoms with E-state index in [9.17, 15) is 19.5 Å². The van der Waals surface area contributed by atoms with Crippen LogP contribution >= 0.6 is 23.2 Å². The molecule has 1 aromatic carbocycles. The van der Waals surface area contributed by atoms with Crippen LogP contribution in [0.5, 0.6) is 6.01 Å². The largest absolute Gasteiger partial charge is 0.476 e. The molecule has 0 fully saturated rings. The molecule has 0 bridgehead atoms. The summed E-state index contributed by atoms with van der Waals surface area (Å²) in [6.45, 7) is 3.68. The van der Waals surface area contributed by atoms with Crippen LogP contribution in [0.1, 0.15) is 53.1 Å². The first-order valence-corrected chi connectivity index (χ1v) is 12.1. The van der Waals surface area contributed by atoms with Crippen LogP contribution in [0, 0.1) is 0 Å². The second-order valence-electron chi connectivity index (χ2n) is 8.74. The molecule has 3 N–H and O–H groups in total. The summed E-state index contributed by atoms with van der Waals surface area (Å²) in [5.74, 6) is -1.63. The quantitative estimate of drug-likeness (QED) is 0.294. The Hall–Kier alpha value is -4.09. The maximum Gasteiger partial charge on any atom is 0.356 e. The number of aryl methyl sites for hydroxylation is 1. The molecule has 3 aromatic heterocycles. The zero-order valence-electron chi connectivity index (χ0n) is 20.8. The van der Waals surface area contributed by atoms with Gasteiger partial charge in [-0.1, -0.05) is 49.2 Å². The minimum atomic E-state index is -1.32.